The fourth-order valence-electron chi connectivity index (χ4n) is 0.662. The fourth-order valence-corrected chi connectivity index (χ4v) is 0.662. The third-order valence-corrected chi connectivity index (χ3v) is 1.12. The Kier molecular flexibility index (Phi) is 1.48. The molecule has 8 heavy (non-hydrogen) atoms. The molecule has 1 N–H and O–H groups in total. The average Bonchev–Trinajstić information content (AvgIpc) is 1.64. The van der Waals surface area contributed by atoms with Crippen LogP contribution >= 0.6 is 0 Å². The van der Waals surface area contributed by atoms with Gasteiger partial charge in [-0.2, -0.15) is 0 Å². The Morgan fingerprint density at radius 1 is 1.75 bits per heavy atom. The first-order valence-corrected chi connectivity index (χ1v) is 2.63. The van der Waals surface area contributed by atoms with Crippen molar-refractivity contribution in [1.82, 2.24) is 0 Å². The van der Waals surface area contributed by atoms with Gasteiger partial charge in [0.1, 0.15) is 0 Å². The third-order valence-electron chi connectivity index (χ3n) is 1.12. The summed E-state index contributed by atoms with van der Waals surface area (Å²) in [7, 11) is 0. The molecule has 0 spiro atoms. The van der Waals surface area contributed by atoms with Crippen LogP contribution in [0.15, 0.2) is 0 Å². The van der Waals surface area contributed by atoms with Gasteiger partial charge in [-0.25, -0.2) is 0 Å². The van der Waals surface area contributed by atoms with Gasteiger partial charge in [0, 0.05) is 6.42 Å². The Balaban J connectivity index is 2.34. The van der Waals surface area contributed by atoms with Crippen LogP contribution in [0.4, 0.5) is 0 Å². The molecule has 3 nitrogen and oxygen atoms in total. The summed E-state index contributed by atoms with van der Waals surface area (Å²) in [5, 5.41) is 8.78. The zero-order chi connectivity index (χ0) is 5.98. The number of esters is 1. The molecule has 3 heteroatoms. The van der Waals surface area contributed by atoms with E-state index in [2.05, 4.69) is 4.74 Å². The molecule has 0 aromatic carbocycles. The first-order chi connectivity index (χ1) is 3.79. The van der Waals surface area contributed by atoms with Crippen LogP contribution in [-0.4, -0.2) is 23.8 Å². The minimum Gasteiger partial charge on any atom is -0.465 e. The fraction of sp³-hybridized carbons (Fsp3) is 0.800. The summed E-state index contributed by atoms with van der Waals surface area (Å²) in [6.45, 7) is 0.375. The maximum atomic E-state index is 10.3. The molecule has 1 fully saturated rings. The summed E-state index contributed by atoms with van der Waals surface area (Å²) in [6.07, 6.45) is 0.294. The summed E-state index contributed by atoms with van der Waals surface area (Å²) < 4.78 is 4.55. The van der Waals surface area contributed by atoms with E-state index >= 15 is 0 Å². The Hall–Kier alpha value is -0.570. The lowest BCUT2D eigenvalue weighted by Crippen LogP contribution is -2.24. The second-order valence-corrected chi connectivity index (χ2v) is 1.87. The van der Waals surface area contributed by atoms with E-state index in [4.69, 9.17) is 5.11 Å². The van der Waals surface area contributed by atoms with Crippen molar-refractivity contribution in [2.24, 2.45) is 0 Å². The molecule has 0 unspecified atom stereocenters. The van der Waals surface area contributed by atoms with Crippen LogP contribution in [0.25, 0.3) is 0 Å². The Bertz CT molecular complexity index is 99.8. The predicted octanol–water partition coefficient (Wildman–Crippen LogP) is -0.316. The van der Waals surface area contributed by atoms with Gasteiger partial charge in [-0.15, -0.1) is 0 Å². The first kappa shape index (κ1) is 5.56. The minimum absolute atomic E-state index is 0.167. The molecule has 0 bridgehead atoms. The SMILES string of the molecule is O=C1C[C@@H](O)CCO1. The van der Waals surface area contributed by atoms with Crippen molar-refractivity contribution in [2.75, 3.05) is 6.61 Å². The highest BCUT2D eigenvalue weighted by molar-refractivity contribution is 5.70. The summed E-state index contributed by atoms with van der Waals surface area (Å²) in [4.78, 5) is 10.3. The molecule has 0 aliphatic carbocycles. The number of rotatable bonds is 0. The van der Waals surface area contributed by atoms with Crippen LogP contribution in [0, 0.1) is 0 Å². The van der Waals surface area contributed by atoms with E-state index in [1.54, 1.807) is 0 Å². The number of carbonyl (C=O) groups is 1. The molecule has 46 valence electrons. The van der Waals surface area contributed by atoms with Crippen LogP contribution in [0.5, 0.6) is 0 Å². The molecular formula is C5H8O3. The quantitative estimate of drug-likeness (QED) is 0.441. The number of cyclic esters (lactones) is 1. The van der Waals surface area contributed by atoms with Crippen LogP contribution in [-0.2, 0) is 9.53 Å². The maximum Gasteiger partial charge on any atom is 0.308 e. The highest BCUT2D eigenvalue weighted by Crippen LogP contribution is 2.05. The van der Waals surface area contributed by atoms with E-state index in [0.717, 1.165) is 0 Å². The van der Waals surface area contributed by atoms with E-state index in [9.17, 15) is 4.79 Å². The molecule has 1 rings (SSSR count). The van der Waals surface area contributed by atoms with Crippen molar-refractivity contribution < 1.29 is 14.6 Å². The van der Waals surface area contributed by atoms with Crippen molar-refractivity contribution in [3.05, 3.63) is 0 Å². The van der Waals surface area contributed by atoms with E-state index in [-0.39, 0.29) is 12.4 Å². The van der Waals surface area contributed by atoms with Crippen LogP contribution in [0.1, 0.15) is 12.8 Å². The largest absolute Gasteiger partial charge is 0.465 e. The Labute approximate surface area is 47.3 Å². The normalized spacial score (nSPS) is 29.6. The number of ether oxygens (including phenoxy) is 1. The minimum atomic E-state index is -0.462. The molecular weight excluding hydrogens is 108 g/mol. The van der Waals surface area contributed by atoms with Crippen molar-refractivity contribution in [3.63, 3.8) is 0 Å². The number of hydrogen-bond acceptors (Lipinski definition) is 3. The summed E-state index contributed by atoms with van der Waals surface area (Å²) in [6, 6.07) is 0. The molecule has 1 aliphatic heterocycles. The molecule has 0 aromatic rings. The molecule has 1 atom stereocenters. The Morgan fingerprint density at radius 3 is 2.88 bits per heavy atom. The van der Waals surface area contributed by atoms with Crippen molar-refractivity contribution in [3.8, 4) is 0 Å². The number of aliphatic hydroxyl groups excluding tert-OH is 1. The maximum absolute atomic E-state index is 10.3. The summed E-state index contributed by atoms with van der Waals surface area (Å²) in [5.41, 5.74) is 0. The molecule has 0 radical (unpaired) electrons. The van der Waals surface area contributed by atoms with E-state index in [1.165, 1.54) is 0 Å². The van der Waals surface area contributed by atoms with E-state index in [0.29, 0.717) is 13.0 Å². The van der Waals surface area contributed by atoms with Gasteiger partial charge in [-0.3, -0.25) is 4.79 Å². The van der Waals surface area contributed by atoms with Crippen LogP contribution in [0.2, 0.25) is 0 Å². The lowest BCUT2D eigenvalue weighted by atomic mass is 10.2. The zero-order valence-electron chi connectivity index (χ0n) is 4.46. The highest BCUT2D eigenvalue weighted by atomic mass is 16.5. The van der Waals surface area contributed by atoms with Crippen LogP contribution < -0.4 is 0 Å². The molecule has 1 aliphatic rings. The Morgan fingerprint density at radius 2 is 2.50 bits per heavy atom. The van der Waals surface area contributed by atoms with E-state index < -0.39 is 6.10 Å². The van der Waals surface area contributed by atoms with Crippen LogP contribution in [0.3, 0.4) is 0 Å². The molecule has 1 heterocycles. The van der Waals surface area contributed by atoms with Gasteiger partial charge in [-0.05, 0) is 0 Å². The lowest BCUT2D eigenvalue weighted by molar-refractivity contribution is -0.151. The number of carbonyl (C=O) groups excluding carboxylic acids is 1. The van der Waals surface area contributed by atoms with Gasteiger partial charge >= 0.3 is 5.97 Å². The molecule has 0 aromatic heterocycles. The van der Waals surface area contributed by atoms with Crippen molar-refractivity contribution >= 4 is 5.97 Å². The van der Waals surface area contributed by atoms with Gasteiger partial charge in [0.2, 0.25) is 0 Å². The molecule has 0 amide bonds. The number of aliphatic hydroxyl groups is 1. The second-order valence-electron chi connectivity index (χ2n) is 1.87. The topological polar surface area (TPSA) is 46.5 Å². The average molecular weight is 116 g/mol. The number of hydrogen-bond donors (Lipinski definition) is 1. The zero-order valence-corrected chi connectivity index (χ0v) is 4.46. The first-order valence-electron chi connectivity index (χ1n) is 2.63. The second kappa shape index (κ2) is 2.13. The lowest BCUT2D eigenvalue weighted by Gasteiger charge is -2.15. The standard InChI is InChI=1S/C5H8O3/c6-4-1-2-8-5(7)3-4/h4,6H,1-3H2/t4-/m0/s1. The third kappa shape index (κ3) is 1.20. The van der Waals surface area contributed by atoms with Crippen molar-refractivity contribution in [1.29, 1.82) is 0 Å². The summed E-state index contributed by atoms with van der Waals surface area (Å²) >= 11 is 0. The van der Waals surface area contributed by atoms with Gasteiger partial charge in [0.15, 0.2) is 0 Å². The van der Waals surface area contributed by atoms with Crippen molar-refractivity contribution in [2.45, 2.75) is 18.9 Å². The highest BCUT2D eigenvalue weighted by Gasteiger charge is 2.16. The molecule has 1 saturated heterocycles. The summed E-state index contributed by atoms with van der Waals surface area (Å²) in [5.74, 6) is -0.288. The molecule has 0 saturated carbocycles. The van der Waals surface area contributed by atoms with Gasteiger partial charge < -0.3 is 9.84 Å². The van der Waals surface area contributed by atoms with Gasteiger partial charge in [0.05, 0.1) is 19.1 Å². The predicted molar refractivity (Wildman–Crippen MR) is 26.2 cm³/mol. The van der Waals surface area contributed by atoms with Gasteiger partial charge in [0.25, 0.3) is 0 Å². The van der Waals surface area contributed by atoms with E-state index in [1.807, 2.05) is 0 Å². The van der Waals surface area contributed by atoms with Gasteiger partial charge in [-0.1, -0.05) is 0 Å². The smallest absolute Gasteiger partial charge is 0.308 e. The monoisotopic (exact) mass is 116 g/mol.